The van der Waals surface area contributed by atoms with E-state index < -0.39 is 0 Å². The number of hydrogen-bond donors (Lipinski definition) is 0. The third-order valence-electron chi connectivity index (χ3n) is 3.56. The zero-order valence-corrected chi connectivity index (χ0v) is 11.7. The maximum absolute atomic E-state index is 12.1. The summed E-state index contributed by atoms with van der Waals surface area (Å²) in [7, 11) is 1.62. The van der Waals surface area contributed by atoms with Gasteiger partial charge in [0.2, 0.25) is 0 Å². The number of ether oxygens (including phenoxy) is 2. The quantitative estimate of drug-likeness (QED) is 0.408. The Kier molecular flexibility index (Phi) is 4.97. The number of carbonyl (C=O) groups excluding carboxylic acids is 1. The Balaban J connectivity index is 1.78. The highest BCUT2D eigenvalue weighted by Crippen LogP contribution is 2.30. The van der Waals surface area contributed by atoms with Crippen molar-refractivity contribution in [1.29, 1.82) is 0 Å². The lowest BCUT2D eigenvalue weighted by Gasteiger charge is -2.01. The number of ketones is 1. The molecule has 0 aliphatic carbocycles. The number of methoxy groups -OCH3 is 1. The van der Waals surface area contributed by atoms with Crippen LogP contribution in [0.25, 0.3) is 0 Å². The predicted octanol–water partition coefficient (Wildman–Crippen LogP) is 3.62. The molecule has 104 valence electrons. The summed E-state index contributed by atoms with van der Waals surface area (Å²) >= 11 is 0. The molecule has 3 nitrogen and oxygen atoms in total. The molecule has 1 heterocycles. The Morgan fingerprint density at radius 2 is 1.95 bits per heavy atom. The molecule has 1 fully saturated rings. The van der Waals surface area contributed by atoms with E-state index in [1.54, 1.807) is 19.2 Å². The van der Waals surface area contributed by atoms with Crippen LogP contribution in [0.1, 0.15) is 49.4 Å². The standard InChI is InChI=1S/C16H22O3/c1-3-4-5-6-7-14-16(19-14)15(17)12-8-10-13(18-2)11-9-12/h8-11,14,16H,3-7H2,1-2H3/t14-,16+/m1/s1. The highest BCUT2D eigenvalue weighted by molar-refractivity contribution is 6.01. The first-order valence-electron chi connectivity index (χ1n) is 7.10. The Bertz CT molecular complexity index is 411. The molecule has 0 N–H and O–H groups in total. The minimum absolute atomic E-state index is 0.100. The molecule has 0 saturated carbocycles. The van der Waals surface area contributed by atoms with Crippen LogP contribution in [0.3, 0.4) is 0 Å². The maximum Gasteiger partial charge on any atom is 0.194 e. The summed E-state index contributed by atoms with van der Waals surface area (Å²) in [6, 6.07) is 7.23. The van der Waals surface area contributed by atoms with Crippen LogP contribution in [-0.2, 0) is 4.74 Å². The molecule has 1 saturated heterocycles. The number of rotatable bonds is 8. The molecule has 1 aromatic carbocycles. The summed E-state index contributed by atoms with van der Waals surface area (Å²) in [6.07, 6.45) is 5.84. The number of unbranched alkanes of at least 4 members (excludes halogenated alkanes) is 3. The van der Waals surface area contributed by atoms with Crippen molar-refractivity contribution in [2.75, 3.05) is 7.11 Å². The topological polar surface area (TPSA) is 38.8 Å². The molecular weight excluding hydrogens is 240 g/mol. The normalized spacial score (nSPS) is 21.2. The van der Waals surface area contributed by atoms with Crippen LogP contribution >= 0.6 is 0 Å². The van der Waals surface area contributed by atoms with Crippen molar-refractivity contribution in [2.24, 2.45) is 0 Å². The van der Waals surface area contributed by atoms with Gasteiger partial charge in [-0.2, -0.15) is 0 Å². The van der Waals surface area contributed by atoms with Gasteiger partial charge < -0.3 is 9.47 Å². The van der Waals surface area contributed by atoms with Gasteiger partial charge in [-0.1, -0.05) is 32.6 Å². The van der Waals surface area contributed by atoms with Gasteiger partial charge in [-0.25, -0.2) is 0 Å². The van der Waals surface area contributed by atoms with Crippen molar-refractivity contribution in [2.45, 2.75) is 51.2 Å². The number of carbonyl (C=O) groups is 1. The van der Waals surface area contributed by atoms with Crippen molar-refractivity contribution in [3.05, 3.63) is 29.8 Å². The Morgan fingerprint density at radius 3 is 2.58 bits per heavy atom. The summed E-state index contributed by atoms with van der Waals surface area (Å²) < 4.78 is 10.6. The molecule has 0 spiro atoms. The van der Waals surface area contributed by atoms with Gasteiger partial charge in [-0.05, 0) is 30.7 Å². The second kappa shape index (κ2) is 6.71. The average molecular weight is 262 g/mol. The Morgan fingerprint density at radius 1 is 1.21 bits per heavy atom. The molecule has 19 heavy (non-hydrogen) atoms. The molecule has 3 heteroatoms. The highest BCUT2D eigenvalue weighted by Gasteiger charge is 2.44. The molecule has 1 aliphatic heterocycles. The molecule has 0 aromatic heterocycles. The van der Waals surface area contributed by atoms with Crippen LogP contribution in [0.5, 0.6) is 5.75 Å². The summed E-state index contributed by atoms with van der Waals surface area (Å²) in [5.74, 6) is 0.868. The lowest BCUT2D eigenvalue weighted by Crippen LogP contribution is -2.10. The minimum Gasteiger partial charge on any atom is -0.497 e. The van der Waals surface area contributed by atoms with E-state index in [-0.39, 0.29) is 18.0 Å². The van der Waals surface area contributed by atoms with Gasteiger partial charge in [0.05, 0.1) is 13.2 Å². The van der Waals surface area contributed by atoms with Crippen LogP contribution in [0.4, 0.5) is 0 Å². The van der Waals surface area contributed by atoms with Crippen LogP contribution in [-0.4, -0.2) is 25.1 Å². The summed E-state index contributed by atoms with van der Waals surface area (Å²) in [5, 5.41) is 0. The van der Waals surface area contributed by atoms with E-state index in [0.717, 1.165) is 18.6 Å². The van der Waals surface area contributed by atoms with Gasteiger partial charge in [-0.15, -0.1) is 0 Å². The fraction of sp³-hybridized carbons (Fsp3) is 0.562. The Labute approximate surface area is 114 Å². The zero-order chi connectivity index (χ0) is 13.7. The fourth-order valence-corrected chi connectivity index (χ4v) is 2.28. The monoisotopic (exact) mass is 262 g/mol. The molecule has 1 aromatic rings. The lowest BCUT2D eigenvalue weighted by molar-refractivity contribution is 0.0953. The summed E-state index contributed by atoms with van der Waals surface area (Å²) in [5.41, 5.74) is 0.710. The summed E-state index contributed by atoms with van der Waals surface area (Å²) in [4.78, 5) is 12.1. The van der Waals surface area contributed by atoms with E-state index >= 15 is 0 Å². The van der Waals surface area contributed by atoms with E-state index in [0.29, 0.717) is 5.56 Å². The molecule has 0 amide bonds. The molecule has 0 unspecified atom stereocenters. The van der Waals surface area contributed by atoms with Crippen molar-refractivity contribution in [3.63, 3.8) is 0 Å². The fourth-order valence-electron chi connectivity index (χ4n) is 2.28. The maximum atomic E-state index is 12.1. The van der Waals surface area contributed by atoms with E-state index in [1.165, 1.54) is 19.3 Å². The molecule has 0 radical (unpaired) electrons. The molecule has 1 aliphatic rings. The van der Waals surface area contributed by atoms with E-state index in [9.17, 15) is 4.79 Å². The van der Waals surface area contributed by atoms with Gasteiger partial charge in [-0.3, -0.25) is 4.79 Å². The third kappa shape index (κ3) is 3.80. The smallest absolute Gasteiger partial charge is 0.194 e. The van der Waals surface area contributed by atoms with Gasteiger partial charge in [0.1, 0.15) is 11.9 Å². The first-order chi connectivity index (χ1) is 9.26. The lowest BCUT2D eigenvalue weighted by atomic mass is 10.0. The highest BCUT2D eigenvalue weighted by atomic mass is 16.6. The van der Waals surface area contributed by atoms with Crippen molar-refractivity contribution < 1.29 is 14.3 Å². The Hall–Kier alpha value is -1.35. The zero-order valence-electron chi connectivity index (χ0n) is 11.7. The number of benzene rings is 1. The second-order valence-electron chi connectivity index (χ2n) is 5.04. The number of epoxide rings is 1. The van der Waals surface area contributed by atoms with E-state index in [4.69, 9.17) is 9.47 Å². The number of Topliss-reactive ketones (excluding diaryl/α,β-unsaturated/α-hetero) is 1. The van der Waals surface area contributed by atoms with Gasteiger partial charge >= 0.3 is 0 Å². The van der Waals surface area contributed by atoms with Crippen LogP contribution < -0.4 is 4.74 Å². The number of hydrogen-bond acceptors (Lipinski definition) is 3. The largest absolute Gasteiger partial charge is 0.497 e. The van der Waals surface area contributed by atoms with Gasteiger partial charge in [0, 0.05) is 5.56 Å². The van der Waals surface area contributed by atoms with Crippen molar-refractivity contribution in [3.8, 4) is 5.75 Å². The second-order valence-corrected chi connectivity index (χ2v) is 5.04. The van der Waals surface area contributed by atoms with E-state index in [1.807, 2.05) is 12.1 Å². The van der Waals surface area contributed by atoms with Gasteiger partial charge in [0.25, 0.3) is 0 Å². The van der Waals surface area contributed by atoms with E-state index in [2.05, 4.69) is 6.92 Å². The molecular formula is C16H22O3. The minimum atomic E-state index is -0.213. The van der Waals surface area contributed by atoms with Crippen molar-refractivity contribution >= 4 is 5.78 Å². The van der Waals surface area contributed by atoms with Gasteiger partial charge in [0.15, 0.2) is 5.78 Å². The predicted molar refractivity (Wildman–Crippen MR) is 74.7 cm³/mol. The first-order valence-corrected chi connectivity index (χ1v) is 7.10. The van der Waals surface area contributed by atoms with Crippen LogP contribution in [0.2, 0.25) is 0 Å². The van der Waals surface area contributed by atoms with Crippen LogP contribution in [0.15, 0.2) is 24.3 Å². The molecule has 2 rings (SSSR count). The SMILES string of the molecule is CCCCCC[C@H]1O[C@@H]1C(=O)c1ccc(OC)cc1. The summed E-state index contributed by atoms with van der Waals surface area (Å²) in [6.45, 7) is 2.20. The first kappa shape index (κ1) is 14.1. The molecule has 0 bridgehead atoms. The average Bonchev–Trinajstić information content (AvgIpc) is 3.22. The van der Waals surface area contributed by atoms with Crippen LogP contribution in [0, 0.1) is 0 Å². The third-order valence-corrected chi connectivity index (χ3v) is 3.56. The van der Waals surface area contributed by atoms with Crippen molar-refractivity contribution in [1.82, 2.24) is 0 Å². The molecule has 2 atom stereocenters.